The second-order valence-electron chi connectivity index (χ2n) is 9.36. The van der Waals surface area contributed by atoms with Gasteiger partial charge in [0.15, 0.2) is 8.32 Å². The van der Waals surface area contributed by atoms with Gasteiger partial charge in [0.25, 0.3) is 0 Å². The Bertz CT molecular complexity index is 467. The smallest absolute Gasteiger partial charge is 0.184 e. The van der Waals surface area contributed by atoms with Gasteiger partial charge in [-0.1, -0.05) is 13.8 Å². The van der Waals surface area contributed by atoms with Gasteiger partial charge in [-0.25, -0.2) is 0 Å². The third kappa shape index (κ3) is 2.42. The highest BCUT2D eigenvalue weighted by molar-refractivity contribution is 6.69. The summed E-state index contributed by atoms with van der Waals surface area (Å²) < 4.78 is 6.77. The van der Waals surface area contributed by atoms with Crippen LogP contribution in [0.25, 0.3) is 0 Å². The molecule has 126 valence electrons. The van der Waals surface area contributed by atoms with Crippen LogP contribution in [0.1, 0.15) is 46.0 Å². The third-order valence-corrected chi connectivity index (χ3v) is 7.63. The van der Waals surface area contributed by atoms with Gasteiger partial charge in [-0.3, -0.25) is 4.79 Å². The van der Waals surface area contributed by atoms with Crippen LogP contribution in [-0.4, -0.2) is 31.4 Å². The lowest BCUT2D eigenvalue weighted by Crippen LogP contribution is -2.57. The first-order valence-electron chi connectivity index (χ1n) is 8.97. The van der Waals surface area contributed by atoms with E-state index in [-0.39, 0.29) is 23.9 Å². The summed E-state index contributed by atoms with van der Waals surface area (Å²) in [7, 11) is -1.79. The van der Waals surface area contributed by atoms with Gasteiger partial charge in [-0.05, 0) is 68.5 Å². The summed E-state index contributed by atoms with van der Waals surface area (Å²) in [6, 6.07) is 0. The van der Waals surface area contributed by atoms with E-state index in [9.17, 15) is 9.90 Å². The van der Waals surface area contributed by atoms with Crippen molar-refractivity contribution in [2.24, 2.45) is 29.1 Å². The molecule has 0 radical (unpaired) electrons. The molecule has 3 aliphatic carbocycles. The van der Waals surface area contributed by atoms with Crippen LogP contribution in [0, 0.1) is 29.1 Å². The van der Waals surface area contributed by atoms with Crippen LogP contribution < -0.4 is 0 Å². The van der Waals surface area contributed by atoms with Crippen molar-refractivity contribution < 1.29 is 14.3 Å². The van der Waals surface area contributed by atoms with E-state index >= 15 is 0 Å². The van der Waals surface area contributed by atoms with Crippen molar-refractivity contribution >= 4 is 14.1 Å². The first-order chi connectivity index (χ1) is 10.1. The lowest BCUT2D eigenvalue weighted by molar-refractivity contribution is -0.141. The van der Waals surface area contributed by atoms with Gasteiger partial charge < -0.3 is 9.53 Å². The maximum Gasteiger partial charge on any atom is 0.184 e. The number of hydrogen-bond acceptors (Lipinski definition) is 3. The molecule has 0 saturated heterocycles. The topological polar surface area (TPSA) is 46.5 Å². The number of rotatable bonds is 3. The molecule has 5 atom stereocenters. The first-order valence-corrected chi connectivity index (χ1v) is 12.4. The minimum atomic E-state index is -1.79. The molecular weight excluding hydrogens is 292 g/mol. The number of fused-ring (bicyclic) bond motifs is 3. The largest absolute Gasteiger partial charge is 0.411 e. The Labute approximate surface area is 135 Å². The summed E-state index contributed by atoms with van der Waals surface area (Å²) in [4.78, 5) is 12.6. The van der Waals surface area contributed by atoms with Crippen LogP contribution in [0.15, 0.2) is 0 Å². The van der Waals surface area contributed by atoms with E-state index in [1.165, 1.54) is 0 Å². The average molecular weight is 325 g/mol. The Kier molecular flexibility index (Phi) is 3.90. The fourth-order valence-electron chi connectivity index (χ4n) is 5.83. The Morgan fingerprint density at radius 2 is 1.91 bits per heavy atom. The van der Waals surface area contributed by atoms with Gasteiger partial charge in [0.2, 0.25) is 0 Å². The zero-order valence-corrected chi connectivity index (χ0v) is 15.8. The van der Waals surface area contributed by atoms with Gasteiger partial charge >= 0.3 is 0 Å². The molecule has 0 aliphatic heterocycles. The maximum atomic E-state index is 12.6. The Morgan fingerprint density at radius 1 is 1.23 bits per heavy atom. The van der Waals surface area contributed by atoms with Crippen molar-refractivity contribution in [3.05, 3.63) is 0 Å². The number of hydrogen-bond donors (Lipinski definition) is 1. The number of carbonyl (C=O) groups is 1. The number of carbonyl (C=O) groups excluding carboxylic acids is 1. The van der Waals surface area contributed by atoms with Gasteiger partial charge in [0.05, 0.1) is 18.1 Å². The fourth-order valence-corrected chi connectivity index (χ4v) is 7.37. The van der Waals surface area contributed by atoms with Gasteiger partial charge in [0, 0.05) is 6.42 Å². The molecule has 0 spiro atoms. The van der Waals surface area contributed by atoms with E-state index in [4.69, 9.17) is 4.43 Å². The van der Waals surface area contributed by atoms with Crippen LogP contribution >= 0.6 is 0 Å². The number of aliphatic hydroxyl groups is 1. The SMILES string of the molecule is CC1(C)[C@@H]2[C@H]1CC[C@]1(O[Si](C)(C)C)[C@H](CO)C(=O)CCC[C@@H]21. The van der Waals surface area contributed by atoms with Crippen molar-refractivity contribution in [2.75, 3.05) is 6.61 Å². The van der Waals surface area contributed by atoms with Crippen LogP contribution in [0.3, 0.4) is 0 Å². The van der Waals surface area contributed by atoms with Crippen LogP contribution in [0.5, 0.6) is 0 Å². The monoisotopic (exact) mass is 324 g/mol. The van der Waals surface area contributed by atoms with E-state index < -0.39 is 8.32 Å². The van der Waals surface area contributed by atoms with Gasteiger partial charge in [-0.2, -0.15) is 0 Å². The first kappa shape index (κ1) is 16.7. The van der Waals surface area contributed by atoms with Crippen molar-refractivity contribution in [1.82, 2.24) is 0 Å². The fraction of sp³-hybridized carbons (Fsp3) is 0.944. The molecule has 1 N–H and O–H groups in total. The number of Topliss-reactive ketones (excluding diaryl/α,β-unsaturated/α-hetero) is 1. The highest BCUT2D eigenvalue weighted by atomic mass is 28.4. The van der Waals surface area contributed by atoms with E-state index in [1.807, 2.05) is 0 Å². The maximum absolute atomic E-state index is 12.6. The summed E-state index contributed by atoms with van der Waals surface area (Å²) in [6.07, 6.45) is 4.80. The van der Waals surface area contributed by atoms with E-state index in [1.54, 1.807) is 0 Å². The molecule has 4 heteroatoms. The molecule has 0 aromatic rings. The van der Waals surface area contributed by atoms with Crippen molar-refractivity contribution in [3.63, 3.8) is 0 Å². The van der Waals surface area contributed by atoms with E-state index in [0.29, 0.717) is 23.7 Å². The number of aliphatic hydroxyl groups excluding tert-OH is 1. The Morgan fingerprint density at radius 3 is 2.50 bits per heavy atom. The lowest BCUT2D eigenvalue weighted by atomic mass is 9.67. The average Bonchev–Trinajstić information content (AvgIpc) is 2.96. The van der Waals surface area contributed by atoms with Crippen molar-refractivity contribution in [1.29, 1.82) is 0 Å². The predicted octanol–water partition coefficient (Wildman–Crippen LogP) is 3.62. The standard InChI is InChI=1S/C18H32O3Si/c1-17(2)12-9-10-18(21-22(3,4)5)13(16(12)17)7-6-8-15(20)14(18)11-19/h12-14,16,19H,6-11H2,1-5H3/t12-,13+,14-,16-,18-/m1/s1. The van der Waals surface area contributed by atoms with Crippen LogP contribution in [0.4, 0.5) is 0 Å². The Balaban J connectivity index is 2.03. The van der Waals surface area contributed by atoms with Crippen LogP contribution in [0.2, 0.25) is 19.6 Å². The quantitative estimate of drug-likeness (QED) is 0.807. The minimum Gasteiger partial charge on any atom is -0.411 e. The molecule has 0 amide bonds. The molecule has 0 unspecified atom stereocenters. The summed E-state index contributed by atoms with van der Waals surface area (Å²) in [6.45, 7) is 11.4. The van der Waals surface area contributed by atoms with E-state index in [0.717, 1.165) is 31.6 Å². The molecule has 22 heavy (non-hydrogen) atoms. The molecular formula is C18H32O3Si. The second-order valence-corrected chi connectivity index (χ2v) is 13.8. The zero-order chi connectivity index (χ0) is 16.3. The lowest BCUT2D eigenvalue weighted by Gasteiger charge is -2.50. The molecule has 3 aliphatic rings. The summed E-state index contributed by atoms with van der Waals surface area (Å²) in [5.41, 5.74) is 0.00432. The second kappa shape index (κ2) is 5.15. The normalized spacial score (nSPS) is 44.0. The summed E-state index contributed by atoms with van der Waals surface area (Å²) >= 11 is 0. The minimum absolute atomic E-state index is 0.0440. The molecule has 3 fully saturated rings. The highest BCUT2D eigenvalue weighted by Crippen LogP contribution is 2.71. The Hall–Kier alpha value is -0.193. The van der Waals surface area contributed by atoms with Crippen LogP contribution in [-0.2, 0) is 9.22 Å². The summed E-state index contributed by atoms with van der Waals surface area (Å²) in [5.74, 6) is 1.86. The molecule has 0 bridgehead atoms. The van der Waals surface area contributed by atoms with Crippen molar-refractivity contribution in [2.45, 2.75) is 71.2 Å². The summed E-state index contributed by atoms with van der Waals surface area (Å²) in [5, 5.41) is 10.0. The van der Waals surface area contributed by atoms with Gasteiger partial charge in [-0.15, -0.1) is 0 Å². The molecule has 3 nitrogen and oxygen atoms in total. The molecule has 3 saturated carbocycles. The molecule has 0 aromatic carbocycles. The zero-order valence-electron chi connectivity index (χ0n) is 14.8. The number of ketones is 1. The molecule has 0 aromatic heterocycles. The van der Waals surface area contributed by atoms with Crippen molar-refractivity contribution in [3.8, 4) is 0 Å². The van der Waals surface area contributed by atoms with Gasteiger partial charge in [0.1, 0.15) is 5.78 Å². The molecule has 3 rings (SSSR count). The predicted molar refractivity (Wildman–Crippen MR) is 90.1 cm³/mol. The highest BCUT2D eigenvalue weighted by Gasteiger charge is 2.69. The van der Waals surface area contributed by atoms with E-state index in [2.05, 4.69) is 33.5 Å². The molecule has 0 heterocycles. The third-order valence-electron chi connectivity index (χ3n) is 6.64.